The fourth-order valence-electron chi connectivity index (χ4n) is 6.96. The molecule has 2 heterocycles. The molecule has 0 unspecified atom stereocenters. The third-order valence-corrected chi connectivity index (χ3v) is 9.04. The van der Waals surface area contributed by atoms with E-state index in [1.807, 2.05) is 65.6 Å². The Hall–Kier alpha value is -2.83. The van der Waals surface area contributed by atoms with Gasteiger partial charge in [0.15, 0.2) is 11.6 Å². The number of likely N-dealkylation sites (N-methyl/N-ethyl adjacent to an activating group) is 1. The molecule has 3 fully saturated rings. The van der Waals surface area contributed by atoms with Crippen LogP contribution in [0.25, 0.3) is 0 Å². The summed E-state index contributed by atoms with van der Waals surface area (Å²) in [5, 5.41) is 0. The van der Waals surface area contributed by atoms with Gasteiger partial charge in [-0.25, -0.2) is 0 Å². The SMILES string of the molecule is CN1CCN(C(=O)CN2C[C@H](C(=O)c3ccccc3)C(C3CCCCC3)[C@@H](C(=O)c3ccccc3)C2)CC1. The van der Waals surface area contributed by atoms with Crippen LogP contribution in [0.2, 0.25) is 0 Å². The second kappa shape index (κ2) is 12.4. The number of piperidine rings is 1. The molecular formula is C32H41N3O3. The molecule has 0 bridgehead atoms. The molecule has 0 aromatic heterocycles. The summed E-state index contributed by atoms with van der Waals surface area (Å²) in [5.41, 5.74) is 1.41. The summed E-state index contributed by atoms with van der Waals surface area (Å²) in [7, 11) is 2.08. The summed E-state index contributed by atoms with van der Waals surface area (Å²) in [6.07, 6.45) is 5.68. The van der Waals surface area contributed by atoms with Gasteiger partial charge < -0.3 is 9.80 Å². The highest BCUT2D eigenvalue weighted by Gasteiger charge is 2.47. The van der Waals surface area contributed by atoms with Crippen molar-refractivity contribution in [1.29, 1.82) is 0 Å². The molecule has 6 heteroatoms. The molecule has 38 heavy (non-hydrogen) atoms. The van der Waals surface area contributed by atoms with Gasteiger partial charge in [-0.3, -0.25) is 19.3 Å². The number of benzene rings is 2. The molecule has 1 aliphatic carbocycles. The normalized spacial score (nSPS) is 24.3. The van der Waals surface area contributed by atoms with Crippen LogP contribution < -0.4 is 0 Å². The highest BCUT2D eigenvalue weighted by molar-refractivity contribution is 6.01. The van der Waals surface area contributed by atoms with Gasteiger partial charge in [0.1, 0.15) is 0 Å². The van der Waals surface area contributed by atoms with Crippen LogP contribution in [0, 0.1) is 23.7 Å². The predicted molar refractivity (Wildman–Crippen MR) is 149 cm³/mol. The Morgan fingerprint density at radius 1 is 0.711 bits per heavy atom. The van der Waals surface area contributed by atoms with Crippen LogP contribution in [0.4, 0.5) is 0 Å². The van der Waals surface area contributed by atoms with E-state index in [0.29, 0.717) is 30.1 Å². The molecule has 0 N–H and O–H groups in total. The Bertz CT molecular complexity index is 1030. The minimum atomic E-state index is -0.299. The molecule has 6 nitrogen and oxygen atoms in total. The first-order chi connectivity index (χ1) is 18.5. The van der Waals surface area contributed by atoms with Crippen molar-refractivity contribution in [2.45, 2.75) is 32.1 Å². The lowest BCUT2D eigenvalue weighted by atomic mass is 9.63. The Labute approximate surface area is 227 Å². The summed E-state index contributed by atoms with van der Waals surface area (Å²) in [6.45, 7) is 4.54. The predicted octanol–water partition coefficient (Wildman–Crippen LogP) is 4.27. The van der Waals surface area contributed by atoms with E-state index in [0.717, 1.165) is 51.9 Å². The zero-order valence-corrected chi connectivity index (χ0v) is 22.6. The van der Waals surface area contributed by atoms with Crippen molar-refractivity contribution in [3.63, 3.8) is 0 Å². The molecule has 0 spiro atoms. The average Bonchev–Trinajstić information content (AvgIpc) is 2.97. The van der Waals surface area contributed by atoms with Gasteiger partial charge in [0.25, 0.3) is 0 Å². The van der Waals surface area contributed by atoms with E-state index in [1.54, 1.807) is 0 Å². The fourth-order valence-corrected chi connectivity index (χ4v) is 6.96. The lowest BCUT2D eigenvalue weighted by Crippen LogP contribution is -2.57. The van der Waals surface area contributed by atoms with E-state index in [2.05, 4.69) is 16.8 Å². The highest BCUT2D eigenvalue weighted by Crippen LogP contribution is 2.43. The van der Waals surface area contributed by atoms with Crippen LogP contribution in [-0.2, 0) is 4.79 Å². The maximum atomic E-state index is 14.1. The third kappa shape index (κ3) is 6.08. The summed E-state index contributed by atoms with van der Waals surface area (Å²) in [4.78, 5) is 47.8. The maximum absolute atomic E-state index is 14.1. The summed E-state index contributed by atoms with van der Waals surface area (Å²) in [5.74, 6) is 0.0817. The third-order valence-electron chi connectivity index (χ3n) is 9.04. The van der Waals surface area contributed by atoms with Gasteiger partial charge in [-0.2, -0.15) is 0 Å². The molecule has 2 aromatic carbocycles. The van der Waals surface area contributed by atoms with E-state index in [1.165, 1.54) is 6.42 Å². The topological polar surface area (TPSA) is 60.9 Å². The number of carbonyl (C=O) groups excluding carboxylic acids is 3. The molecule has 1 amide bonds. The van der Waals surface area contributed by atoms with Crippen molar-refractivity contribution in [3.8, 4) is 0 Å². The molecule has 202 valence electrons. The fraction of sp³-hybridized carbons (Fsp3) is 0.531. The minimum absolute atomic E-state index is 0.00861. The van der Waals surface area contributed by atoms with Crippen molar-refractivity contribution in [2.24, 2.45) is 23.7 Å². The van der Waals surface area contributed by atoms with Crippen LogP contribution >= 0.6 is 0 Å². The number of carbonyl (C=O) groups is 3. The van der Waals surface area contributed by atoms with Gasteiger partial charge >= 0.3 is 0 Å². The zero-order chi connectivity index (χ0) is 26.5. The molecule has 3 aliphatic rings. The monoisotopic (exact) mass is 515 g/mol. The first-order valence-electron chi connectivity index (χ1n) is 14.4. The summed E-state index contributed by atoms with van der Waals surface area (Å²) < 4.78 is 0. The quantitative estimate of drug-likeness (QED) is 0.516. The van der Waals surface area contributed by atoms with Gasteiger partial charge in [-0.1, -0.05) is 92.8 Å². The number of hydrogen-bond acceptors (Lipinski definition) is 5. The standard InChI is InChI=1S/C32H41N3O3/c1-33-17-19-35(20-18-33)29(36)23-34-21-27(31(37)25-13-7-3-8-14-25)30(24-11-5-2-6-12-24)28(22-34)32(38)26-15-9-4-10-16-26/h3-4,7-10,13-16,24,27-28,30H,2,5-6,11-12,17-23H2,1H3/t27-,28-/m0/s1. The van der Waals surface area contributed by atoms with E-state index in [4.69, 9.17) is 0 Å². The van der Waals surface area contributed by atoms with Gasteiger partial charge in [-0.05, 0) is 18.9 Å². The van der Waals surface area contributed by atoms with Crippen molar-refractivity contribution in [3.05, 3.63) is 71.8 Å². The zero-order valence-electron chi connectivity index (χ0n) is 22.6. The number of amides is 1. The molecular weight excluding hydrogens is 474 g/mol. The van der Waals surface area contributed by atoms with Crippen LogP contribution in [0.3, 0.4) is 0 Å². The molecule has 1 saturated carbocycles. The lowest BCUT2D eigenvalue weighted by molar-refractivity contribution is -0.135. The van der Waals surface area contributed by atoms with Crippen molar-refractivity contribution < 1.29 is 14.4 Å². The molecule has 0 radical (unpaired) electrons. The molecule has 2 saturated heterocycles. The van der Waals surface area contributed by atoms with Gasteiger partial charge in [0.2, 0.25) is 5.91 Å². The molecule has 2 atom stereocenters. The first kappa shape index (κ1) is 26.8. The van der Waals surface area contributed by atoms with Gasteiger partial charge in [-0.15, -0.1) is 0 Å². The number of rotatable bonds is 7. The maximum Gasteiger partial charge on any atom is 0.236 e. The Balaban J connectivity index is 1.46. The Morgan fingerprint density at radius 3 is 1.71 bits per heavy atom. The van der Waals surface area contributed by atoms with E-state index in [9.17, 15) is 14.4 Å². The summed E-state index contributed by atoms with van der Waals surface area (Å²) >= 11 is 0. The second-order valence-corrected chi connectivity index (χ2v) is 11.5. The molecule has 2 aromatic rings. The smallest absolute Gasteiger partial charge is 0.236 e. The number of likely N-dealkylation sites (tertiary alicyclic amines) is 1. The second-order valence-electron chi connectivity index (χ2n) is 11.5. The Kier molecular flexibility index (Phi) is 8.70. The number of Topliss-reactive ketones (excluding diaryl/α,β-unsaturated/α-hetero) is 2. The Morgan fingerprint density at radius 2 is 1.21 bits per heavy atom. The van der Waals surface area contributed by atoms with Crippen molar-refractivity contribution in [1.82, 2.24) is 14.7 Å². The van der Waals surface area contributed by atoms with Crippen molar-refractivity contribution in [2.75, 3.05) is 52.9 Å². The highest BCUT2D eigenvalue weighted by atomic mass is 16.2. The summed E-state index contributed by atoms with van der Waals surface area (Å²) in [6, 6.07) is 19.1. The number of piperazine rings is 1. The van der Waals surface area contributed by atoms with E-state index < -0.39 is 0 Å². The average molecular weight is 516 g/mol. The van der Waals surface area contributed by atoms with Crippen LogP contribution in [0.1, 0.15) is 52.8 Å². The van der Waals surface area contributed by atoms with Crippen LogP contribution in [0.15, 0.2) is 60.7 Å². The van der Waals surface area contributed by atoms with Crippen molar-refractivity contribution >= 4 is 17.5 Å². The first-order valence-corrected chi connectivity index (χ1v) is 14.4. The number of hydrogen-bond donors (Lipinski definition) is 0. The number of nitrogens with zero attached hydrogens (tertiary/aromatic N) is 3. The van der Waals surface area contributed by atoms with Gasteiger partial charge in [0.05, 0.1) is 6.54 Å². The molecule has 2 aliphatic heterocycles. The largest absolute Gasteiger partial charge is 0.339 e. The van der Waals surface area contributed by atoms with Crippen LogP contribution in [-0.4, -0.2) is 85.0 Å². The molecule has 5 rings (SSSR count). The van der Waals surface area contributed by atoms with E-state index in [-0.39, 0.29) is 41.8 Å². The van der Waals surface area contributed by atoms with E-state index >= 15 is 0 Å². The number of ketones is 2. The van der Waals surface area contributed by atoms with Gasteiger partial charge in [0, 0.05) is 62.2 Å². The minimum Gasteiger partial charge on any atom is -0.339 e. The lowest BCUT2D eigenvalue weighted by Gasteiger charge is -2.47. The van der Waals surface area contributed by atoms with Crippen LogP contribution in [0.5, 0.6) is 0 Å².